The maximum atomic E-state index is 13.1. The van der Waals surface area contributed by atoms with Gasteiger partial charge in [-0.25, -0.2) is 0 Å². The van der Waals surface area contributed by atoms with Gasteiger partial charge in [0.15, 0.2) is 6.29 Å². The molecular formula is C53H99NO10. The van der Waals surface area contributed by atoms with Crippen LogP contribution in [-0.4, -0.2) is 110 Å². The standard InChI is InChI=1S/C53H99NO10/c1-3-5-7-9-11-13-15-17-18-19-20-21-22-23-24-25-26-27-29-30-32-34-36-38-40-45(56)48(58)44(43-63-53-51(61)50(60)49(59)47(42-55)64-53)54-52(62)46(57)41-39-37-35-33-31-28-16-14-12-10-8-6-4-2/h22-23,26-27,32,34,44-51,53,55-61H,3-21,24-25,28-31,33,35-43H2,1-2H3,(H,54,62)/b23-22+,27-26+,34-32+. The minimum absolute atomic E-state index is 0.242. The van der Waals surface area contributed by atoms with Gasteiger partial charge in [-0.2, -0.15) is 0 Å². The molecule has 0 bridgehead atoms. The number of rotatable bonds is 44. The number of unbranched alkanes of at least 4 members (excludes halogenated alkanes) is 26. The molecule has 11 heteroatoms. The molecule has 0 aromatic carbocycles. The quantitative estimate of drug-likeness (QED) is 0.0216. The fourth-order valence-electron chi connectivity index (χ4n) is 8.30. The molecule has 376 valence electrons. The lowest BCUT2D eigenvalue weighted by Crippen LogP contribution is -2.60. The summed E-state index contributed by atoms with van der Waals surface area (Å²) >= 11 is 0. The second-order valence-electron chi connectivity index (χ2n) is 18.6. The third-order valence-corrected chi connectivity index (χ3v) is 12.7. The van der Waals surface area contributed by atoms with E-state index in [0.717, 1.165) is 44.9 Å². The predicted molar refractivity (Wildman–Crippen MR) is 261 cm³/mol. The Bertz CT molecular complexity index is 1130. The fourth-order valence-corrected chi connectivity index (χ4v) is 8.30. The smallest absolute Gasteiger partial charge is 0.249 e. The molecule has 9 unspecified atom stereocenters. The number of hydrogen-bond acceptors (Lipinski definition) is 10. The summed E-state index contributed by atoms with van der Waals surface area (Å²) < 4.78 is 11.1. The summed E-state index contributed by atoms with van der Waals surface area (Å²) in [5.41, 5.74) is 0. The number of aliphatic hydroxyl groups excluding tert-OH is 7. The van der Waals surface area contributed by atoms with E-state index in [1.54, 1.807) is 0 Å². The molecule has 1 saturated heterocycles. The van der Waals surface area contributed by atoms with Crippen molar-refractivity contribution in [2.45, 2.75) is 281 Å². The number of amides is 1. The van der Waals surface area contributed by atoms with Crippen molar-refractivity contribution >= 4 is 5.91 Å². The molecule has 0 radical (unpaired) electrons. The van der Waals surface area contributed by atoms with Crippen LogP contribution in [-0.2, 0) is 14.3 Å². The molecule has 1 amide bonds. The zero-order chi connectivity index (χ0) is 46.9. The Morgan fingerprint density at radius 3 is 1.39 bits per heavy atom. The highest BCUT2D eigenvalue weighted by atomic mass is 16.7. The molecule has 1 heterocycles. The third kappa shape index (κ3) is 31.3. The Labute approximate surface area is 390 Å². The zero-order valence-corrected chi connectivity index (χ0v) is 40.8. The number of carbonyl (C=O) groups excluding carboxylic acids is 1. The molecule has 1 aliphatic heterocycles. The van der Waals surface area contributed by atoms with Gasteiger partial charge >= 0.3 is 0 Å². The lowest BCUT2D eigenvalue weighted by atomic mass is 9.98. The highest BCUT2D eigenvalue weighted by Gasteiger charge is 2.44. The van der Waals surface area contributed by atoms with Gasteiger partial charge in [0.2, 0.25) is 5.91 Å². The summed E-state index contributed by atoms with van der Waals surface area (Å²) in [4.78, 5) is 13.1. The summed E-state index contributed by atoms with van der Waals surface area (Å²) in [6.07, 6.45) is 39.1. The molecule has 9 atom stereocenters. The molecule has 8 N–H and O–H groups in total. The van der Waals surface area contributed by atoms with Gasteiger partial charge in [-0.1, -0.05) is 198 Å². The second-order valence-corrected chi connectivity index (χ2v) is 18.6. The van der Waals surface area contributed by atoms with Gasteiger partial charge in [0.25, 0.3) is 0 Å². The average molecular weight is 910 g/mol. The molecule has 0 aliphatic carbocycles. The van der Waals surface area contributed by atoms with Gasteiger partial charge in [0, 0.05) is 0 Å². The Kier molecular flexibility index (Phi) is 40.2. The SMILES string of the molecule is CCCCCCCCCCCCC/C=C/CC/C=C/CC/C=C/CCCC(O)C(O)C(COC1OC(CO)C(O)C(O)C1O)NC(=O)C(O)CCCCCCCCCCCCCCC. The van der Waals surface area contributed by atoms with E-state index >= 15 is 0 Å². The largest absolute Gasteiger partial charge is 0.394 e. The molecule has 0 aromatic heterocycles. The third-order valence-electron chi connectivity index (χ3n) is 12.7. The molecule has 64 heavy (non-hydrogen) atoms. The molecule has 1 fully saturated rings. The van der Waals surface area contributed by atoms with E-state index < -0.39 is 74.2 Å². The van der Waals surface area contributed by atoms with Crippen LogP contribution in [0.5, 0.6) is 0 Å². The normalized spacial score (nSPS) is 21.3. The molecule has 1 rings (SSSR count). The van der Waals surface area contributed by atoms with E-state index in [-0.39, 0.29) is 12.8 Å². The Balaban J connectivity index is 2.40. The van der Waals surface area contributed by atoms with E-state index in [0.29, 0.717) is 19.3 Å². The predicted octanol–water partition coefficient (Wildman–Crippen LogP) is 9.95. The minimum atomic E-state index is -1.67. The number of aliphatic hydroxyl groups is 7. The first-order valence-electron chi connectivity index (χ1n) is 26.4. The van der Waals surface area contributed by atoms with Gasteiger partial charge in [-0.05, 0) is 64.2 Å². The number of hydrogen-bond donors (Lipinski definition) is 8. The lowest BCUT2D eigenvalue weighted by molar-refractivity contribution is -0.303. The van der Waals surface area contributed by atoms with E-state index in [2.05, 4.69) is 55.6 Å². The molecule has 0 spiro atoms. The summed E-state index contributed by atoms with van der Waals surface area (Å²) in [5, 5.41) is 75.8. The van der Waals surface area contributed by atoms with Crippen LogP contribution in [0, 0.1) is 0 Å². The Morgan fingerprint density at radius 2 is 0.938 bits per heavy atom. The number of nitrogens with one attached hydrogen (secondary N) is 1. The van der Waals surface area contributed by atoms with Crippen LogP contribution in [0.2, 0.25) is 0 Å². The molecule has 0 aromatic rings. The first-order chi connectivity index (χ1) is 31.2. The Hall–Kier alpha value is -1.67. The summed E-state index contributed by atoms with van der Waals surface area (Å²) in [6.45, 7) is 3.43. The molecule has 0 saturated carbocycles. The minimum Gasteiger partial charge on any atom is -0.394 e. The first-order valence-corrected chi connectivity index (χ1v) is 26.4. The maximum absolute atomic E-state index is 13.1. The second kappa shape index (κ2) is 42.7. The summed E-state index contributed by atoms with van der Waals surface area (Å²) in [6, 6.07) is -1.19. The van der Waals surface area contributed by atoms with Gasteiger partial charge in [0.1, 0.15) is 36.6 Å². The number of carbonyl (C=O) groups is 1. The van der Waals surface area contributed by atoms with Crippen LogP contribution in [0.1, 0.15) is 226 Å². The van der Waals surface area contributed by atoms with Crippen molar-refractivity contribution in [3.63, 3.8) is 0 Å². The van der Waals surface area contributed by atoms with E-state index in [4.69, 9.17) is 9.47 Å². The molecular weight excluding hydrogens is 811 g/mol. The maximum Gasteiger partial charge on any atom is 0.249 e. The van der Waals surface area contributed by atoms with Crippen LogP contribution < -0.4 is 5.32 Å². The molecule has 11 nitrogen and oxygen atoms in total. The zero-order valence-electron chi connectivity index (χ0n) is 40.8. The van der Waals surface area contributed by atoms with Crippen LogP contribution in [0.4, 0.5) is 0 Å². The van der Waals surface area contributed by atoms with Crippen LogP contribution in [0.15, 0.2) is 36.5 Å². The van der Waals surface area contributed by atoms with Crippen molar-refractivity contribution in [2.24, 2.45) is 0 Å². The van der Waals surface area contributed by atoms with Crippen LogP contribution in [0.3, 0.4) is 0 Å². The first kappa shape index (κ1) is 60.3. The van der Waals surface area contributed by atoms with Gasteiger partial charge in [0.05, 0.1) is 25.4 Å². The number of ether oxygens (including phenoxy) is 2. The van der Waals surface area contributed by atoms with Crippen molar-refractivity contribution in [1.82, 2.24) is 5.32 Å². The summed E-state index contributed by atoms with van der Waals surface area (Å²) in [5.74, 6) is -0.712. The highest BCUT2D eigenvalue weighted by Crippen LogP contribution is 2.23. The average Bonchev–Trinajstić information content (AvgIpc) is 3.29. The van der Waals surface area contributed by atoms with Crippen molar-refractivity contribution in [3.8, 4) is 0 Å². The van der Waals surface area contributed by atoms with Crippen LogP contribution >= 0.6 is 0 Å². The van der Waals surface area contributed by atoms with Crippen LogP contribution in [0.25, 0.3) is 0 Å². The fraction of sp³-hybridized carbons (Fsp3) is 0.868. The highest BCUT2D eigenvalue weighted by molar-refractivity contribution is 5.80. The van der Waals surface area contributed by atoms with E-state index in [1.165, 1.54) is 135 Å². The van der Waals surface area contributed by atoms with E-state index in [1.807, 2.05) is 0 Å². The van der Waals surface area contributed by atoms with Crippen molar-refractivity contribution in [2.75, 3.05) is 13.2 Å². The number of allylic oxidation sites excluding steroid dienone is 6. The summed E-state index contributed by atoms with van der Waals surface area (Å²) in [7, 11) is 0. The van der Waals surface area contributed by atoms with Gasteiger partial charge < -0.3 is 50.5 Å². The molecule has 1 aliphatic rings. The van der Waals surface area contributed by atoms with E-state index in [9.17, 15) is 40.5 Å². The van der Waals surface area contributed by atoms with Gasteiger partial charge in [-0.3, -0.25) is 4.79 Å². The van der Waals surface area contributed by atoms with Gasteiger partial charge in [-0.15, -0.1) is 0 Å². The monoisotopic (exact) mass is 910 g/mol. The Morgan fingerprint density at radius 1 is 0.531 bits per heavy atom. The topological polar surface area (TPSA) is 189 Å². The lowest BCUT2D eigenvalue weighted by Gasteiger charge is -2.40. The van der Waals surface area contributed by atoms with Crippen molar-refractivity contribution in [3.05, 3.63) is 36.5 Å². The van der Waals surface area contributed by atoms with Crippen molar-refractivity contribution in [1.29, 1.82) is 0 Å². The van der Waals surface area contributed by atoms with Crippen molar-refractivity contribution < 1.29 is 50.0 Å².